The summed E-state index contributed by atoms with van der Waals surface area (Å²) in [7, 11) is 0. The zero-order chi connectivity index (χ0) is 16.5. The Morgan fingerprint density at radius 1 is 0.682 bits per heavy atom. The molecule has 0 saturated carbocycles. The van der Waals surface area contributed by atoms with Gasteiger partial charge < -0.3 is 9.47 Å². The van der Waals surface area contributed by atoms with Gasteiger partial charge in [-0.2, -0.15) is 10.5 Å². The van der Waals surface area contributed by atoms with E-state index in [9.17, 15) is 9.59 Å². The molecule has 0 rings (SSSR count). The molecule has 0 aliphatic carbocycles. The molecule has 22 heavy (non-hydrogen) atoms. The standard InChI is InChI=1S/C16H24N2O4/c17-11-5-1-3-7-13-21-15(19)9-10-16(20)22-14-8-4-2-6-12-18/h1-10,13-14H2. The van der Waals surface area contributed by atoms with Crippen LogP contribution in [-0.2, 0) is 19.1 Å². The first kappa shape index (κ1) is 19.9. The topological polar surface area (TPSA) is 100 Å². The first-order chi connectivity index (χ1) is 10.7. The number of carbonyl (C=O) groups is 2. The minimum Gasteiger partial charge on any atom is -0.466 e. The normalized spacial score (nSPS) is 9.55. The lowest BCUT2D eigenvalue weighted by Crippen LogP contribution is -2.11. The molecule has 0 aromatic carbocycles. The predicted molar refractivity (Wildman–Crippen MR) is 79.3 cm³/mol. The zero-order valence-electron chi connectivity index (χ0n) is 13.0. The summed E-state index contributed by atoms with van der Waals surface area (Å²) in [6.07, 6.45) is 5.93. The van der Waals surface area contributed by atoms with E-state index in [-0.39, 0.29) is 12.8 Å². The minimum absolute atomic E-state index is 0.0332. The maximum atomic E-state index is 11.4. The summed E-state index contributed by atoms with van der Waals surface area (Å²) < 4.78 is 9.96. The van der Waals surface area contributed by atoms with Crippen molar-refractivity contribution in [1.82, 2.24) is 0 Å². The van der Waals surface area contributed by atoms with Crippen molar-refractivity contribution in [2.24, 2.45) is 0 Å². The van der Waals surface area contributed by atoms with Crippen LogP contribution >= 0.6 is 0 Å². The second-order valence-electron chi connectivity index (χ2n) is 4.88. The minimum atomic E-state index is -0.397. The molecule has 0 heterocycles. The molecular weight excluding hydrogens is 284 g/mol. The van der Waals surface area contributed by atoms with Gasteiger partial charge >= 0.3 is 11.9 Å². The highest BCUT2D eigenvalue weighted by Gasteiger charge is 2.08. The second kappa shape index (κ2) is 15.3. The zero-order valence-corrected chi connectivity index (χ0v) is 13.0. The highest BCUT2D eigenvalue weighted by molar-refractivity contribution is 5.77. The molecule has 0 unspecified atom stereocenters. The summed E-state index contributed by atoms with van der Waals surface area (Å²) in [6, 6.07) is 4.12. The summed E-state index contributed by atoms with van der Waals surface area (Å²) in [5, 5.41) is 16.7. The Labute approximate surface area is 132 Å². The number of carbonyl (C=O) groups excluding carboxylic acids is 2. The monoisotopic (exact) mass is 308 g/mol. The van der Waals surface area contributed by atoms with E-state index in [4.69, 9.17) is 20.0 Å². The quantitative estimate of drug-likeness (QED) is 0.383. The summed E-state index contributed by atoms with van der Waals surface area (Å²) in [4.78, 5) is 22.7. The van der Waals surface area contributed by atoms with Crippen LogP contribution in [0.15, 0.2) is 0 Å². The van der Waals surface area contributed by atoms with E-state index in [1.165, 1.54) is 0 Å². The third-order valence-electron chi connectivity index (χ3n) is 2.93. The fraction of sp³-hybridized carbons (Fsp3) is 0.750. The number of rotatable bonds is 13. The van der Waals surface area contributed by atoms with Crippen LogP contribution < -0.4 is 0 Å². The second-order valence-corrected chi connectivity index (χ2v) is 4.88. The van der Waals surface area contributed by atoms with Crippen LogP contribution in [0, 0.1) is 22.7 Å². The van der Waals surface area contributed by atoms with Gasteiger partial charge in [-0.25, -0.2) is 0 Å². The number of esters is 2. The molecule has 0 bridgehead atoms. The molecule has 6 nitrogen and oxygen atoms in total. The molecule has 0 atom stereocenters. The number of unbranched alkanes of at least 4 members (excludes halogenated alkanes) is 6. The van der Waals surface area contributed by atoms with Gasteiger partial charge in [0.15, 0.2) is 0 Å². The van der Waals surface area contributed by atoms with Gasteiger partial charge in [0.2, 0.25) is 0 Å². The number of nitrogens with zero attached hydrogens (tertiary/aromatic N) is 2. The van der Waals surface area contributed by atoms with Crippen molar-refractivity contribution >= 4 is 11.9 Å². The fourth-order valence-corrected chi connectivity index (χ4v) is 1.69. The van der Waals surface area contributed by atoms with E-state index in [2.05, 4.69) is 12.1 Å². The molecule has 0 N–H and O–H groups in total. The molecular formula is C16H24N2O4. The number of nitriles is 2. The third kappa shape index (κ3) is 14.3. The first-order valence-electron chi connectivity index (χ1n) is 7.76. The van der Waals surface area contributed by atoms with Gasteiger partial charge in [0.1, 0.15) is 0 Å². The number of hydrogen-bond acceptors (Lipinski definition) is 6. The van der Waals surface area contributed by atoms with Gasteiger partial charge in [-0.05, 0) is 38.5 Å². The van der Waals surface area contributed by atoms with E-state index < -0.39 is 11.9 Å². The van der Waals surface area contributed by atoms with Crippen LogP contribution in [0.25, 0.3) is 0 Å². The SMILES string of the molecule is N#CCCCCCOC(=O)CCC(=O)OCCCCCC#N. The van der Waals surface area contributed by atoms with Gasteiger partial charge in [-0.1, -0.05) is 0 Å². The fourth-order valence-electron chi connectivity index (χ4n) is 1.69. The van der Waals surface area contributed by atoms with Crippen molar-refractivity contribution in [3.63, 3.8) is 0 Å². The van der Waals surface area contributed by atoms with Crippen LogP contribution in [0.5, 0.6) is 0 Å². The molecule has 0 aromatic heterocycles. The van der Waals surface area contributed by atoms with Crippen molar-refractivity contribution in [3.8, 4) is 12.1 Å². The van der Waals surface area contributed by atoms with E-state index in [1.807, 2.05) is 0 Å². The molecule has 0 radical (unpaired) electrons. The number of hydrogen-bond donors (Lipinski definition) is 0. The van der Waals surface area contributed by atoms with E-state index in [1.54, 1.807) is 0 Å². The summed E-state index contributed by atoms with van der Waals surface area (Å²) in [5.74, 6) is -0.794. The summed E-state index contributed by atoms with van der Waals surface area (Å²) in [6.45, 7) is 0.663. The van der Waals surface area contributed by atoms with Crippen molar-refractivity contribution in [1.29, 1.82) is 10.5 Å². The first-order valence-corrected chi connectivity index (χ1v) is 7.76. The number of ether oxygens (including phenoxy) is 2. The molecule has 0 amide bonds. The van der Waals surface area contributed by atoms with Crippen molar-refractivity contribution < 1.29 is 19.1 Å². The molecule has 0 aliphatic rings. The summed E-state index contributed by atoms with van der Waals surface area (Å²) >= 11 is 0. The van der Waals surface area contributed by atoms with Crippen LogP contribution in [0.2, 0.25) is 0 Å². The Morgan fingerprint density at radius 3 is 1.45 bits per heavy atom. The average molecular weight is 308 g/mol. The van der Waals surface area contributed by atoms with E-state index in [0.29, 0.717) is 26.1 Å². The maximum absolute atomic E-state index is 11.4. The third-order valence-corrected chi connectivity index (χ3v) is 2.93. The Kier molecular flexibility index (Phi) is 13.9. The smallest absolute Gasteiger partial charge is 0.306 e. The lowest BCUT2D eigenvalue weighted by molar-refractivity contribution is -0.150. The van der Waals surface area contributed by atoms with Gasteiger partial charge in [0, 0.05) is 12.8 Å². The Morgan fingerprint density at radius 2 is 1.09 bits per heavy atom. The largest absolute Gasteiger partial charge is 0.466 e. The highest BCUT2D eigenvalue weighted by atomic mass is 16.5. The molecule has 122 valence electrons. The Bertz CT molecular complexity index is 358. The van der Waals surface area contributed by atoms with E-state index >= 15 is 0 Å². The van der Waals surface area contributed by atoms with Crippen LogP contribution in [0.4, 0.5) is 0 Å². The van der Waals surface area contributed by atoms with Gasteiger partial charge in [-0.15, -0.1) is 0 Å². The highest BCUT2D eigenvalue weighted by Crippen LogP contribution is 2.03. The molecule has 0 aliphatic heterocycles. The van der Waals surface area contributed by atoms with Crippen molar-refractivity contribution in [3.05, 3.63) is 0 Å². The predicted octanol–water partition coefficient (Wildman–Crippen LogP) is 3.02. The van der Waals surface area contributed by atoms with Crippen LogP contribution in [0.1, 0.15) is 64.2 Å². The van der Waals surface area contributed by atoms with Gasteiger partial charge in [0.25, 0.3) is 0 Å². The average Bonchev–Trinajstić information content (AvgIpc) is 2.52. The maximum Gasteiger partial charge on any atom is 0.306 e. The van der Waals surface area contributed by atoms with Gasteiger partial charge in [0.05, 0.1) is 38.2 Å². The van der Waals surface area contributed by atoms with E-state index in [0.717, 1.165) is 38.5 Å². The summed E-state index contributed by atoms with van der Waals surface area (Å²) in [5.41, 5.74) is 0. The molecule has 0 fully saturated rings. The van der Waals surface area contributed by atoms with Crippen molar-refractivity contribution in [2.75, 3.05) is 13.2 Å². The lowest BCUT2D eigenvalue weighted by Gasteiger charge is -2.05. The Balaban J connectivity index is 3.40. The molecule has 6 heteroatoms. The molecule has 0 aromatic rings. The Hall–Kier alpha value is -2.08. The van der Waals surface area contributed by atoms with Crippen molar-refractivity contribution in [2.45, 2.75) is 64.2 Å². The lowest BCUT2D eigenvalue weighted by atomic mass is 10.2. The molecule has 0 saturated heterocycles. The molecule has 0 spiro atoms. The van der Waals surface area contributed by atoms with Gasteiger partial charge in [-0.3, -0.25) is 9.59 Å². The van der Waals surface area contributed by atoms with Crippen LogP contribution in [-0.4, -0.2) is 25.2 Å². The van der Waals surface area contributed by atoms with Crippen LogP contribution in [0.3, 0.4) is 0 Å².